The van der Waals surface area contributed by atoms with Crippen LogP contribution in [0.15, 0.2) is 66.9 Å². The summed E-state index contributed by atoms with van der Waals surface area (Å²) in [4.78, 5) is 16.1. The van der Waals surface area contributed by atoms with E-state index in [-0.39, 0.29) is 0 Å². The molecule has 0 atom stereocenters. The molecule has 0 aliphatic heterocycles. The number of rotatable bonds is 2. The van der Waals surface area contributed by atoms with Crippen molar-refractivity contribution < 1.29 is 9.53 Å². The van der Waals surface area contributed by atoms with Gasteiger partial charge in [-0.1, -0.05) is 36.4 Å². The van der Waals surface area contributed by atoms with E-state index < -0.39 is 6.09 Å². The molecule has 0 spiro atoms. The molecule has 0 saturated heterocycles. The van der Waals surface area contributed by atoms with E-state index in [4.69, 9.17) is 4.74 Å². The minimum Gasteiger partial charge on any atom is -0.410 e. The Kier molecular flexibility index (Phi) is 3.29. The van der Waals surface area contributed by atoms with Crippen LogP contribution >= 0.6 is 0 Å². The zero-order valence-corrected chi connectivity index (χ0v) is 10.6. The van der Waals surface area contributed by atoms with Crippen LogP contribution in [0.3, 0.4) is 0 Å². The lowest BCUT2D eigenvalue weighted by Crippen LogP contribution is -2.17. The van der Waals surface area contributed by atoms with Crippen LogP contribution in [0.4, 0.5) is 10.5 Å². The fraction of sp³-hybridized carbons (Fsp3) is 0. The topological polar surface area (TPSA) is 51.2 Å². The molecule has 0 bridgehead atoms. The Labute approximate surface area is 116 Å². The van der Waals surface area contributed by atoms with Crippen molar-refractivity contribution in [2.45, 2.75) is 0 Å². The van der Waals surface area contributed by atoms with Gasteiger partial charge in [-0.3, -0.25) is 10.3 Å². The maximum atomic E-state index is 11.9. The lowest BCUT2D eigenvalue weighted by Gasteiger charge is -2.08. The number of hydrogen-bond acceptors (Lipinski definition) is 3. The maximum absolute atomic E-state index is 11.9. The molecule has 0 saturated carbocycles. The number of amides is 1. The monoisotopic (exact) mass is 264 g/mol. The largest absolute Gasteiger partial charge is 0.417 e. The van der Waals surface area contributed by atoms with E-state index in [1.54, 1.807) is 24.4 Å². The number of nitrogens with one attached hydrogen (secondary N) is 1. The molecule has 98 valence electrons. The Morgan fingerprint density at radius 2 is 1.75 bits per heavy atom. The van der Waals surface area contributed by atoms with Crippen LogP contribution in [-0.2, 0) is 0 Å². The van der Waals surface area contributed by atoms with Gasteiger partial charge in [0.05, 0.1) is 11.2 Å². The third kappa shape index (κ3) is 2.59. The number of fused-ring (bicyclic) bond motifs is 1. The van der Waals surface area contributed by atoms with Gasteiger partial charge in [0.15, 0.2) is 0 Å². The van der Waals surface area contributed by atoms with Gasteiger partial charge in [-0.05, 0) is 24.3 Å². The summed E-state index contributed by atoms with van der Waals surface area (Å²) in [5, 5.41) is 3.67. The fourth-order valence-electron chi connectivity index (χ4n) is 1.94. The first-order valence-corrected chi connectivity index (χ1v) is 6.20. The SMILES string of the molecule is O=C(Nc1cccc2cccnc12)Oc1ccccc1. The summed E-state index contributed by atoms with van der Waals surface area (Å²) in [7, 11) is 0. The van der Waals surface area contributed by atoms with Crippen LogP contribution in [-0.4, -0.2) is 11.1 Å². The summed E-state index contributed by atoms with van der Waals surface area (Å²) in [5.74, 6) is 0.498. The van der Waals surface area contributed by atoms with Crippen LogP contribution in [0.25, 0.3) is 10.9 Å². The predicted octanol–water partition coefficient (Wildman–Crippen LogP) is 3.85. The van der Waals surface area contributed by atoms with Gasteiger partial charge < -0.3 is 4.74 Å². The Morgan fingerprint density at radius 1 is 0.950 bits per heavy atom. The zero-order chi connectivity index (χ0) is 13.8. The minimum atomic E-state index is -0.533. The first-order chi connectivity index (χ1) is 9.83. The second kappa shape index (κ2) is 5.40. The number of carbonyl (C=O) groups excluding carboxylic acids is 1. The van der Waals surface area contributed by atoms with Crippen LogP contribution in [0.2, 0.25) is 0 Å². The number of nitrogens with zero attached hydrogens (tertiary/aromatic N) is 1. The van der Waals surface area contributed by atoms with Gasteiger partial charge in [-0.25, -0.2) is 4.79 Å². The standard InChI is InChI=1S/C16H12N2O2/c19-16(20-13-8-2-1-3-9-13)18-14-10-4-6-12-7-5-11-17-15(12)14/h1-11H,(H,18,19). The summed E-state index contributed by atoms with van der Waals surface area (Å²) in [6.07, 6.45) is 1.16. The second-order valence-corrected chi connectivity index (χ2v) is 4.21. The second-order valence-electron chi connectivity index (χ2n) is 4.21. The zero-order valence-electron chi connectivity index (χ0n) is 10.6. The van der Waals surface area contributed by atoms with Gasteiger partial charge in [-0.2, -0.15) is 0 Å². The quantitative estimate of drug-likeness (QED) is 0.765. The van der Waals surface area contributed by atoms with E-state index >= 15 is 0 Å². The number of hydrogen-bond donors (Lipinski definition) is 1. The fourth-order valence-corrected chi connectivity index (χ4v) is 1.94. The number of benzene rings is 2. The molecule has 4 nitrogen and oxygen atoms in total. The third-order valence-electron chi connectivity index (χ3n) is 2.82. The molecule has 1 amide bonds. The van der Waals surface area contributed by atoms with Crippen LogP contribution in [0, 0.1) is 0 Å². The van der Waals surface area contributed by atoms with E-state index in [0.717, 1.165) is 10.9 Å². The molecule has 20 heavy (non-hydrogen) atoms. The summed E-state index contributed by atoms with van der Waals surface area (Å²) >= 11 is 0. The highest BCUT2D eigenvalue weighted by atomic mass is 16.6. The van der Waals surface area contributed by atoms with Crippen molar-refractivity contribution in [2.75, 3.05) is 5.32 Å². The number of aromatic nitrogens is 1. The van der Waals surface area contributed by atoms with Crippen molar-refractivity contribution in [3.05, 3.63) is 66.9 Å². The molecule has 0 radical (unpaired) electrons. The molecular formula is C16H12N2O2. The normalized spacial score (nSPS) is 10.2. The van der Waals surface area contributed by atoms with Crippen LogP contribution < -0.4 is 10.1 Å². The van der Waals surface area contributed by atoms with Gasteiger partial charge >= 0.3 is 6.09 Å². The van der Waals surface area contributed by atoms with E-state index in [0.29, 0.717) is 11.4 Å². The molecule has 0 fully saturated rings. The number of anilines is 1. The summed E-state index contributed by atoms with van der Waals surface area (Å²) < 4.78 is 5.19. The molecule has 0 aliphatic carbocycles. The van der Waals surface area contributed by atoms with E-state index in [1.165, 1.54) is 0 Å². The summed E-state index contributed by atoms with van der Waals surface area (Å²) in [6.45, 7) is 0. The van der Waals surface area contributed by atoms with Gasteiger partial charge in [0.2, 0.25) is 0 Å². The molecule has 3 rings (SSSR count). The smallest absolute Gasteiger partial charge is 0.410 e. The minimum absolute atomic E-state index is 0.498. The van der Waals surface area contributed by atoms with Gasteiger partial charge in [-0.15, -0.1) is 0 Å². The van der Waals surface area contributed by atoms with Crippen molar-refractivity contribution in [1.82, 2.24) is 4.98 Å². The molecule has 1 aromatic heterocycles. The first-order valence-electron chi connectivity index (χ1n) is 6.20. The Balaban J connectivity index is 1.81. The highest BCUT2D eigenvalue weighted by Gasteiger charge is 2.08. The highest BCUT2D eigenvalue weighted by Crippen LogP contribution is 2.21. The maximum Gasteiger partial charge on any atom is 0.417 e. The third-order valence-corrected chi connectivity index (χ3v) is 2.82. The molecule has 4 heteroatoms. The lowest BCUT2D eigenvalue weighted by molar-refractivity contribution is 0.215. The predicted molar refractivity (Wildman–Crippen MR) is 77.8 cm³/mol. The summed E-state index contributed by atoms with van der Waals surface area (Å²) in [6, 6.07) is 18.3. The molecular weight excluding hydrogens is 252 g/mol. The van der Waals surface area contributed by atoms with Crippen LogP contribution in [0.1, 0.15) is 0 Å². The molecule has 0 unspecified atom stereocenters. The molecule has 0 aliphatic rings. The van der Waals surface area contributed by atoms with Crippen molar-refractivity contribution in [2.24, 2.45) is 0 Å². The van der Waals surface area contributed by atoms with Gasteiger partial charge in [0, 0.05) is 11.6 Å². The number of pyridine rings is 1. The number of ether oxygens (including phenoxy) is 1. The van der Waals surface area contributed by atoms with E-state index in [9.17, 15) is 4.79 Å². The Bertz CT molecular complexity index is 736. The van der Waals surface area contributed by atoms with Crippen molar-refractivity contribution in [1.29, 1.82) is 0 Å². The lowest BCUT2D eigenvalue weighted by atomic mass is 10.2. The Morgan fingerprint density at radius 3 is 2.60 bits per heavy atom. The van der Waals surface area contributed by atoms with E-state index in [1.807, 2.05) is 42.5 Å². The van der Waals surface area contributed by atoms with Crippen LogP contribution in [0.5, 0.6) is 5.75 Å². The van der Waals surface area contributed by atoms with Crippen molar-refractivity contribution >= 4 is 22.7 Å². The first kappa shape index (κ1) is 12.2. The number of para-hydroxylation sites is 2. The Hall–Kier alpha value is -2.88. The molecule has 1 heterocycles. The average molecular weight is 264 g/mol. The number of carbonyl (C=O) groups is 1. The van der Waals surface area contributed by atoms with E-state index in [2.05, 4.69) is 10.3 Å². The molecule has 1 N–H and O–H groups in total. The molecule has 2 aromatic carbocycles. The van der Waals surface area contributed by atoms with Crippen molar-refractivity contribution in [3.63, 3.8) is 0 Å². The van der Waals surface area contributed by atoms with Crippen molar-refractivity contribution in [3.8, 4) is 5.75 Å². The highest BCUT2D eigenvalue weighted by molar-refractivity contribution is 5.98. The van der Waals surface area contributed by atoms with Gasteiger partial charge in [0.25, 0.3) is 0 Å². The van der Waals surface area contributed by atoms with Gasteiger partial charge in [0.1, 0.15) is 5.75 Å². The molecule has 3 aromatic rings. The summed E-state index contributed by atoms with van der Waals surface area (Å²) in [5.41, 5.74) is 1.36. The average Bonchev–Trinajstić information content (AvgIpc) is 2.48.